The molecule has 2 aromatic heterocycles. The molecule has 1 fully saturated rings. The van der Waals surface area contributed by atoms with Gasteiger partial charge in [0.15, 0.2) is 0 Å². The quantitative estimate of drug-likeness (QED) is 0.236. The molecule has 1 aliphatic heterocycles. The maximum Gasteiger partial charge on any atom is 0.267 e. The first-order valence-electron chi connectivity index (χ1n) is 10.9. The van der Waals surface area contributed by atoms with Crippen LogP contribution in [0.25, 0.3) is 10.2 Å². The number of aryl methyl sites for hydroxylation is 1. The highest BCUT2D eigenvalue weighted by Gasteiger charge is 2.42. The van der Waals surface area contributed by atoms with Crippen molar-refractivity contribution < 1.29 is 18.3 Å². The SMILES string of the molecule is COc1cc(NN)c(S)cc1Nc1ncnc2sc3c(c12)CCC(C(=O)N1CCC(F)(F)C1)C3. The molecule has 0 radical (unpaired) electrons. The Bertz CT molecular complexity index is 1270. The van der Waals surface area contributed by atoms with Gasteiger partial charge in [-0.25, -0.2) is 18.7 Å². The number of hydrogen-bond acceptors (Lipinski definition) is 9. The number of methoxy groups -OCH3 is 1. The third-order valence-corrected chi connectivity index (χ3v) is 7.93. The third kappa shape index (κ3) is 4.14. The number of nitrogens with one attached hydrogen (secondary N) is 2. The number of benzene rings is 1. The number of ether oxygens (including phenoxy) is 1. The maximum absolute atomic E-state index is 13.6. The Kier molecular flexibility index (Phi) is 5.98. The monoisotopic (exact) mass is 506 g/mol. The molecule has 1 aliphatic carbocycles. The molecule has 1 amide bonds. The van der Waals surface area contributed by atoms with Crippen molar-refractivity contribution in [3.63, 3.8) is 0 Å². The second-order valence-corrected chi connectivity index (χ2v) is 10.1. The molecular formula is C22H24F2N6O2S2. The summed E-state index contributed by atoms with van der Waals surface area (Å²) in [7, 11) is 1.56. The fourth-order valence-corrected chi connectivity index (χ4v) is 6.20. The molecule has 3 heterocycles. The van der Waals surface area contributed by atoms with Crippen LogP contribution in [0, 0.1) is 5.92 Å². The number of nitrogen functional groups attached to an aromatic ring is 1. The number of anilines is 3. The van der Waals surface area contributed by atoms with Crippen molar-refractivity contribution in [1.82, 2.24) is 14.9 Å². The Balaban J connectivity index is 1.44. The zero-order valence-electron chi connectivity index (χ0n) is 18.4. The number of alkyl halides is 2. The van der Waals surface area contributed by atoms with Crippen LogP contribution in [0.5, 0.6) is 5.75 Å². The van der Waals surface area contributed by atoms with Gasteiger partial charge in [0.2, 0.25) is 5.91 Å². The van der Waals surface area contributed by atoms with Crippen LogP contribution >= 0.6 is 24.0 Å². The van der Waals surface area contributed by atoms with Crippen molar-refractivity contribution in [3.05, 3.63) is 28.9 Å². The maximum atomic E-state index is 13.6. The van der Waals surface area contributed by atoms with Crippen LogP contribution in [-0.2, 0) is 17.6 Å². The van der Waals surface area contributed by atoms with Gasteiger partial charge < -0.3 is 20.4 Å². The minimum Gasteiger partial charge on any atom is -0.494 e. The highest BCUT2D eigenvalue weighted by atomic mass is 32.1. The lowest BCUT2D eigenvalue weighted by molar-refractivity contribution is -0.136. The van der Waals surface area contributed by atoms with Crippen molar-refractivity contribution in [2.45, 2.75) is 36.5 Å². The molecule has 5 rings (SSSR count). The van der Waals surface area contributed by atoms with E-state index in [1.54, 1.807) is 19.2 Å². The minimum absolute atomic E-state index is 0.120. The van der Waals surface area contributed by atoms with E-state index in [2.05, 4.69) is 33.3 Å². The van der Waals surface area contributed by atoms with Crippen molar-refractivity contribution in [2.24, 2.45) is 11.8 Å². The molecule has 0 spiro atoms. The number of nitrogens with zero attached hydrogens (tertiary/aromatic N) is 3. The largest absolute Gasteiger partial charge is 0.494 e. The van der Waals surface area contributed by atoms with Gasteiger partial charge in [-0.15, -0.1) is 24.0 Å². The number of amides is 1. The first-order valence-corrected chi connectivity index (χ1v) is 12.1. The molecule has 4 N–H and O–H groups in total. The Morgan fingerprint density at radius 3 is 2.88 bits per heavy atom. The summed E-state index contributed by atoms with van der Waals surface area (Å²) in [5.74, 6) is 3.49. The summed E-state index contributed by atoms with van der Waals surface area (Å²) in [6, 6.07) is 3.54. The molecule has 3 aromatic rings. The summed E-state index contributed by atoms with van der Waals surface area (Å²) in [5.41, 5.74) is 4.98. The summed E-state index contributed by atoms with van der Waals surface area (Å²) in [6.07, 6.45) is 3.02. The molecule has 1 saturated heterocycles. The van der Waals surface area contributed by atoms with Crippen LogP contribution < -0.4 is 21.3 Å². The topological polar surface area (TPSA) is 105 Å². The van der Waals surface area contributed by atoms with Crippen LogP contribution in [0.15, 0.2) is 23.4 Å². The van der Waals surface area contributed by atoms with Crippen molar-refractivity contribution in [3.8, 4) is 5.75 Å². The molecule has 34 heavy (non-hydrogen) atoms. The van der Waals surface area contributed by atoms with Gasteiger partial charge in [-0.1, -0.05) is 0 Å². The van der Waals surface area contributed by atoms with Gasteiger partial charge in [0.05, 0.1) is 30.4 Å². The van der Waals surface area contributed by atoms with Crippen LogP contribution in [0.3, 0.4) is 0 Å². The Hall–Kier alpha value is -2.70. The van der Waals surface area contributed by atoms with Gasteiger partial charge in [0.25, 0.3) is 5.92 Å². The zero-order chi connectivity index (χ0) is 24.0. The molecule has 180 valence electrons. The van der Waals surface area contributed by atoms with Gasteiger partial charge in [-0.2, -0.15) is 0 Å². The smallest absolute Gasteiger partial charge is 0.267 e. The van der Waals surface area contributed by atoms with Gasteiger partial charge in [0.1, 0.15) is 22.7 Å². The number of fused-ring (bicyclic) bond motifs is 3. The van der Waals surface area contributed by atoms with Crippen LogP contribution in [0.1, 0.15) is 23.3 Å². The standard InChI is InChI=1S/C22H24F2N6O2S2/c1-32-15-7-14(29-25)16(33)8-13(15)28-19-18-12-3-2-11(6-17(12)34-20(18)27-10-26-19)21(31)30-5-4-22(23,24)9-30/h7-8,10-11,29,33H,2-6,9,25H2,1H3,(H,26,27,28). The lowest BCUT2D eigenvalue weighted by Crippen LogP contribution is -2.38. The van der Waals surface area contributed by atoms with E-state index >= 15 is 0 Å². The zero-order valence-corrected chi connectivity index (χ0v) is 20.1. The van der Waals surface area contributed by atoms with Gasteiger partial charge >= 0.3 is 0 Å². The summed E-state index contributed by atoms with van der Waals surface area (Å²) in [5, 5.41) is 4.24. The summed E-state index contributed by atoms with van der Waals surface area (Å²) in [6.45, 7) is -0.358. The van der Waals surface area contributed by atoms with Crippen LogP contribution in [0.2, 0.25) is 0 Å². The lowest BCUT2D eigenvalue weighted by atomic mass is 9.87. The number of halogens is 2. The van der Waals surface area contributed by atoms with E-state index in [1.165, 1.54) is 22.6 Å². The normalized spacial score (nSPS) is 19.2. The average Bonchev–Trinajstić information content (AvgIpc) is 3.38. The predicted octanol–water partition coefficient (Wildman–Crippen LogP) is 3.99. The number of nitrogens with two attached hydrogens (primary N) is 1. The van der Waals surface area contributed by atoms with Gasteiger partial charge in [-0.05, 0) is 30.9 Å². The second-order valence-electron chi connectivity index (χ2n) is 8.55. The predicted molar refractivity (Wildman–Crippen MR) is 130 cm³/mol. The van der Waals surface area contributed by atoms with E-state index in [1.807, 2.05) is 0 Å². The molecular weight excluding hydrogens is 482 g/mol. The molecule has 12 heteroatoms. The average molecular weight is 507 g/mol. The first-order chi connectivity index (χ1) is 16.3. The number of thiophene rings is 1. The molecule has 8 nitrogen and oxygen atoms in total. The number of hydrogen-bond donors (Lipinski definition) is 4. The fraction of sp³-hybridized carbons (Fsp3) is 0.409. The number of carbonyl (C=O) groups is 1. The Morgan fingerprint density at radius 2 is 2.18 bits per heavy atom. The Labute approximate surface area is 204 Å². The second kappa shape index (κ2) is 8.82. The summed E-state index contributed by atoms with van der Waals surface area (Å²) in [4.78, 5) is 25.6. The van der Waals surface area contributed by atoms with E-state index in [-0.39, 0.29) is 24.8 Å². The van der Waals surface area contributed by atoms with E-state index in [4.69, 9.17) is 10.6 Å². The fourth-order valence-electron chi connectivity index (χ4n) is 4.68. The Morgan fingerprint density at radius 1 is 1.35 bits per heavy atom. The van der Waals surface area contributed by atoms with Crippen molar-refractivity contribution in [1.29, 1.82) is 0 Å². The number of likely N-dealkylation sites (tertiary alicyclic amines) is 1. The molecule has 1 unspecified atom stereocenters. The number of aromatic nitrogens is 2. The highest BCUT2D eigenvalue weighted by Crippen LogP contribution is 2.42. The molecule has 2 aliphatic rings. The van der Waals surface area contributed by atoms with E-state index in [9.17, 15) is 13.6 Å². The number of rotatable bonds is 5. The number of carbonyl (C=O) groups excluding carboxylic acids is 1. The molecule has 0 bridgehead atoms. The lowest BCUT2D eigenvalue weighted by Gasteiger charge is -2.26. The van der Waals surface area contributed by atoms with Crippen molar-refractivity contribution in [2.75, 3.05) is 30.9 Å². The molecule has 0 saturated carbocycles. The van der Waals surface area contributed by atoms with E-state index < -0.39 is 12.5 Å². The summed E-state index contributed by atoms with van der Waals surface area (Å²) >= 11 is 5.99. The van der Waals surface area contributed by atoms with E-state index in [0.717, 1.165) is 20.7 Å². The summed E-state index contributed by atoms with van der Waals surface area (Å²) < 4.78 is 32.7. The third-order valence-electron chi connectivity index (χ3n) is 6.40. The molecule has 1 atom stereocenters. The highest BCUT2D eigenvalue weighted by molar-refractivity contribution is 7.80. The van der Waals surface area contributed by atoms with Gasteiger partial charge in [0, 0.05) is 34.7 Å². The number of hydrazine groups is 1. The van der Waals surface area contributed by atoms with Crippen LogP contribution in [-0.4, -0.2) is 46.9 Å². The number of thiol groups is 1. The minimum atomic E-state index is -2.78. The van der Waals surface area contributed by atoms with Crippen LogP contribution in [0.4, 0.5) is 26.0 Å². The van der Waals surface area contributed by atoms with E-state index in [0.29, 0.717) is 47.1 Å². The first kappa shape index (κ1) is 23.1. The molecule has 1 aromatic carbocycles. The van der Waals surface area contributed by atoms with Crippen molar-refractivity contribution >= 4 is 57.3 Å². The van der Waals surface area contributed by atoms with Gasteiger partial charge in [-0.3, -0.25) is 10.6 Å².